The van der Waals surface area contributed by atoms with E-state index in [2.05, 4.69) is 23.7 Å². The second-order valence-electron chi connectivity index (χ2n) is 5.59. The van der Waals surface area contributed by atoms with Gasteiger partial charge in [-0.25, -0.2) is 8.78 Å². The van der Waals surface area contributed by atoms with Crippen LogP contribution in [0.5, 0.6) is 0 Å². The fourth-order valence-electron chi connectivity index (χ4n) is 2.47. The molecule has 0 aliphatic heterocycles. The largest absolute Gasteiger partial charge is 0.379 e. The smallest absolute Gasteiger partial charge is 0.256 e. The fraction of sp³-hybridized carbons (Fsp3) is 0.250. The van der Waals surface area contributed by atoms with Crippen molar-refractivity contribution in [3.8, 4) is 23.7 Å². The number of rotatable bonds is 3. The molecule has 0 saturated heterocycles. The van der Waals surface area contributed by atoms with E-state index in [1.54, 1.807) is 19.9 Å². The number of aryl methyl sites for hydroxylation is 1. The molecule has 1 aromatic carbocycles. The van der Waals surface area contributed by atoms with E-state index in [1.165, 1.54) is 17.7 Å². The Morgan fingerprint density at radius 1 is 1.16 bits per heavy atom. The zero-order valence-corrected chi connectivity index (χ0v) is 14.2. The van der Waals surface area contributed by atoms with Crippen molar-refractivity contribution >= 4 is 0 Å². The lowest BCUT2D eigenvalue weighted by Gasteiger charge is -2.27. The van der Waals surface area contributed by atoms with Crippen molar-refractivity contribution in [2.24, 2.45) is 7.05 Å². The average molecular weight is 341 g/mol. The number of pyridine rings is 1. The summed E-state index contributed by atoms with van der Waals surface area (Å²) in [6.07, 6.45) is -0.305. The summed E-state index contributed by atoms with van der Waals surface area (Å²) in [6, 6.07) is 5.77. The Kier molecular flexibility index (Phi) is 5.41. The van der Waals surface area contributed by atoms with Gasteiger partial charge in [-0.3, -0.25) is 4.79 Å². The molecule has 2 aromatic rings. The molecule has 3 nitrogen and oxygen atoms in total. The molecule has 2 rings (SSSR count). The molecular weight excluding hydrogens is 324 g/mol. The second-order valence-corrected chi connectivity index (χ2v) is 5.59. The topological polar surface area (TPSA) is 42.2 Å². The maximum absolute atomic E-state index is 14.3. The predicted molar refractivity (Wildman–Crippen MR) is 91.6 cm³/mol. The Balaban J connectivity index is 2.75. The lowest BCUT2D eigenvalue weighted by molar-refractivity contribution is 0.0800. The van der Waals surface area contributed by atoms with Crippen LogP contribution >= 0.6 is 0 Å². The number of benzene rings is 1. The standard InChI is InChI=1S/C20H17F2NO2/c1-4-5-6-7-12-20(25,17-13-15(21)9-11-18(17)22)16-10-8-14(2)23(3)19(16)24/h8-11,13,25H,12H2,1-3H3. The van der Waals surface area contributed by atoms with Gasteiger partial charge in [-0.2, -0.15) is 0 Å². The van der Waals surface area contributed by atoms with Crippen LogP contribution in [-0.2, 0) is 12.6 Å². The molecule has 0 aliphatic rings. The Hall–Kier alpha value is -2.89. The molecule has 5 heteroatoms. The van der Waals surface area contributed by atoms with E-state index < -0.39 is 22.8 Å². The average Bonchev–Trinajstić information content (AvgIpc) is 2.58. The summed E-state index contributed by atoms with van der Waals surface area (Å²) in [7, 11) is 1.54. The van der Waals surface area contributed by atoms with Crippen LogP contribution < -0.4 is 5.56 Å². The number of aliphatic hydroxyl groups is 1. The summed E-state index contributed by atoms with van der Waals surface area (Å²) >= 11 is 0. The van der Waals surface area contributed by atoms with Crippen LogP contribution in [0.3, 0.4) is 0 Å². The van der Waals surface area contributed by atoms with Crippen LogP contribution in [0.25, 0.3) is 0 Å². The molecule has 25 heavy (non-hydrogen) atoms. The minimum absolute atomic E-state index is 0.0798. The highest BCUT2D eigenvalue weighted by Crippen LogP contribution is 2.33. The van der Waals surface area contributed by atoms with Crippen LogP contribution in [-0.4, -0.2) is 9.67 Å². The third-order valence-electron chi connectivity index (χ3n) is 3.99. The van der Waals surface area contributed by atoms with Gasteiger partial charge in [0.2, 0.25) is 0 Å². The van der Waals surface area contributed by atoms with Gasteiger partial charge in [0.15, 0.2) is 0 Å². The maximum atomic E-state index is 14.3. The van der Waals surface area contributed by atoms with Crippen LogP contribution in [0.2, 0.25) is 0 Å². The molecule has 0 spiro atoms. The minimum atomic E-state index is -2.10. The molecule has 1 N–H and O–H groups in total. The number of nitrogens with zero attached hydrogens (tertiary/aromatic N) is 1. The van der Waals surface area contributed by atoms with Gasteiger partial charge in [-0.15, -0.1) is 0 Å². The van der Waals surface area contributed by atoms with Crippen molar-refractivity contribution in [1.82, 2.24) is 4.57 Å². The summed E-state index contributed by atoms with van der Waals surface area (Å²) in [5.74, 6) is 8.68. The molecular formula is C20H17F2NO2. The molecule has 0 radical (unpaired) electrons. The highest BCUT2D eigenvalue weighted by molar-refractivity contribution is 5.39. The molecule has 0 saturated carbocycles. The number of aromatic nitrogens is 1. The third-order valence-corrected chi connectivity index (χ3v) is 3.99. The van der Waals surface area contributed by atoms with Gasteiger partial charge >= 0.3 is 0 Å². The van der Waals surface area contributed by atoms with E-state index in [0.29, 0.717) is 5.69 Å². The summed E-state index contributed by atoms with van der Waals surface area (Å²) in [5.41, 5.74) is -2.36. The van der Waals surface area contributed by atoms with Crippen molar-refractivity contribution in [1.29, 1.82) is 0 Å². The summed E-state index contributed by atoms with van der Waals surface area (Å²) in [4.78, 5) is 12.6. The molecule has 1 atom stereocenters. The van der Waals surface area contributed by atoms with E-state index >= 15 is 0 Å². The third kappa shape index (κ3) is 3.63. The van der Waals surface area contributed by atoms with Gasteiger partial charge in [0.05, 0.1) is 5.56 Å². The monoisotopic (exact) mass is 341 g/mol. The van der Waals surface area contributed by atoms with Crippen molar-refractivity contribution in [3.63, 3.8) is 0 Å². The van der Waals surface area contributed by atoms with Crippen molar-refractivity contribution in [2.75, 3.05) is 0 Å². The Morgan fingerprint density at radius 3 is 2.56 bits per heavy atom. The maximum Gasteiger partial charge on any atom is 0.256 e. The van der Waals surface area contributed by atoms with Gasteiger partial charge in [0, 0.05) is 24.7 Å². The summed E-state index contributed by atoms with van der Waals surface area (Å²) in [6.45, 7) is 3.33. The normalized spacial score (nSPS) is 12.4. The lowest BCUT2D eigenvalue weighted by atomic mass is 9.83. The molecule has 128 valence electrons. The highest BCUT2D eigenvalue weighted by atomic mass is 19.1. The zero-order valence-electron chi connectivity index (χ0n) is 14.2. The van der Waals surface area contributed by atoms with Crippen LogP contribution in [0.15, 0.2) is 35.1 Å². The number of hydrogen-bond donors (Lipinski definition) is 1. The zero-order chi connectivity index (χ0) is 18.6. The van der Waals surface area contributed by atoms with E-state index in [9.17, 15) is 18.7 Å². The van der Waals surface area contributed by atoms with E-state index in [0.717, 1.165) is 18.2 Å². The SMILES string of the molecule is CC#CC#CCC(O)(c1cc(F)ccc1F)c1ccc(C)n(C)c1=O. The first kappa shape index (κ1) is 18.4. The predicted octanol–water partition coefficient (Wildman–Crippen LogP) is 2.62. The van der Waals surface area contributed by atoms with Crippen molar-refractivity contribution < 1.29 is 13.9 Å². The molecule has 0 amide bonds. The molecule has 0 aliphatic carbocycles. The Morgan fingerprint density at radius 2 is 1.88 bits per heavy atom. The van der Waals surface area contributed by atoms with Gasteiger partial charge in [0.1, 0.15) is 17.2 Å². The van der Waals surface area contributed by atoms with Crippen molar-refractivity contribution in [3.05, 3.63) is 69.1 Å². The molecule has 1 aromatic heterocycles. The Labute approximate surface area is 144 Å². The van der Waals surface area contributed by atoms with E-state index in [4.69, 9.17) is 0 Å². The highest BCUT2D eigenvalue weighted by Gasteiger charge is 2.36. The Bertz CT molecular complexity index is 987. The van der Waals surface area contributed by atoms with Crippen LogP contribution in [0.4, 0.5) is 8.78 Å². The molecule has 0 fully saturated rings. The van der Waals surface area contributed by atoms with Gasteiger partial charge in [-0.1, -0.05) is 11.8 Å². The molecule has 0 bridgehead atoms. The number of halogens is 2. The van der Waals surface area contributed by atoms with Gasteiger partial charge in [0.25, 0.3) is 5.56 Å². The lowest BCUT2D eigenvalue weighted by Crippen LogP contribution is -2.37. The molecule has 1 heterocycles. The van der Waals surface area contributed by atoms with Crippen molar-refractivity contribution in [2.45, 2.75) is 25.9 Å². The van der Waals surface area contributed by atoms with E-state index in [-0.39, 0.29) is 17.5 Å². The second kappa shape index (κ2) is 7.34. The first-order valence-electron chi connectivity index (χ1n) is 7.56. The first-order valence-corrected chi connectivity index (χ1v) is 7.56. The van der Waals surface area contributed by atoms with Gasteiger partial charge in [-0.05, 0) is 56.0 Å². The summed E-state index contributed by atoms with van der Waals surface area (Å²) < 4.78 is 29.3. The van der Waals surface area contributed by atoms with Crippen LogP contribution in [0, 0.1) is 42.2 Å². The summed E-state index contributed by atoms with van der Waals surface area (Å²) in [5, 5.41) is 11.2. The van der Waals surface area contributed by atoms with Crippen LogP contribution in [0.1, 0.15) is 30.2 Å². The van der Waals surface area contributed by atoms with E-state index in [1.807, 2.05) is 0 Å². The van der Waals surface area contributed by atoms with Gasteiger partial charge < -0.3 is 9.67 Å². The quantitative estimate of drug-likeness (QED) is 0.872. The first-order chi connectivity index (χ1) is 11.8. The number of hydrogen-bond acceptors (Lipinski definition) is 2. The minimum Gasteiger partial charge on any atom is -0.379 e. The molecule has 1 unspecified atom stereocenters. The fourth-order valence-corrected chi connectivity index (χ4v) is 2.47.